The summed E-state index contributed by atoms with van der Waals surface area (Å²) in [6.07, 6.45) is 1.72. The van der Waals surface area contributed by atoms with Gasteiger partial charge in [-0.05, 0) is 25.1 Å². The van der Waals surface area contributed by atoms with Crippen molar-refractivity contribution in [2.45, 2.75) is 6.92 Å². The van der Waals surface area contributed by atoms with Gasteiger partial charge in [0.2, 0.25) is 5.13 Å². The van der Waals surface area contributed by atoms with E-state index in [-0.39, 0.29) is 5.91 Å². The van der Waals surface area contributed by atoms with Gasteiger partial charge in [0.25, 0.3) is 5.91 Å². The normalized spacial score (nSPS) is 11.2. The Morgan fingerprint density at radius 3 is 2.84 bits per heavy atom. The van der Waals surface area contributed by atoms with Crippen LogP contribution in [0.15, 0.2) is 36.5 Å². The van der Waals surface area contributed by atoms with E-state index in [1.807, 2.05) is 19.1 Å². The monoisotopic (exact) mass is 372 g/mol. The summed E-state index contributed by atoms with van der Waals surface area (Å²) in [6.45, 7) is 1.85. The lowest BCUT2D eigenvalue weighted by atomic mass is 10.3. The molecule has 0 atom stereocenters. The van der Waals surface area contributed by atoms with Crippen molar-refractivity contribution in [1.82, 2.24) is 24.5 Å². The number of benzene rings is 1. The average Bonchev–Trinajstić information content (AvgIpc) is 3.26. The van der Waals surface area contributed by atoms with Crippen LogP contribution >= 0.6 is 22.9 Å². The van der Waals surface area contributed by atoms with E-state index in [9.17, 15) is 4.79 Å². The van der Waals surface area contributed by atoms with Crippen molar-refractivity contribution in [3.8, 4) is 5.13 Å². The number of halogens is 1. The van der Waals surface area contributed by atoms with Crippen LogP contribution in [0, 0.1) is 6.92 Å². The third-order valence-corrected chi connectivity index (χ3v) is 4.86. The average molecular weight is 373 g/mol. The second-order valence-electron chi connectivity index (χ2n) is 5.49. The zero-order chi connectivity index (χ0) is 17.6. The lowest BCUT2D eigenvalue weighted by molar-refractivity contribution is 0.102. The minimum Gasteiger partial charge on any atom is -0.305 e. The van der Waals surface area contributed by atoms with E-state index in [1.165, 1.54) is 11.3 Å². The molecule has 0 aliphatic heterocycles. The number of aryl methyl sites for hydroxylation is 2. The molecular weight excluding hydrogens is 360 g/mol. The Kier molecular flexibility index (Phi) is 3.78. The number of hydrogen-bond donors (Lipinski definition) is 1. The van der Waals surface area contributed by atoms with E-state index >= 15 is 0 Å². The molecule has 3 heterocycles. The van der Waals surface area contributed by atoms with Crippen LogP contribution in [0.4, 0.5) is 5.82 Å². The van der Waals surface area contributed by atoms with E-state index < -0.39 is 0 Å². The minimum atomic E-state index is -0.305. The highest BCUT2D eigenvalue weighted by Gasteiger charge is 2.17. The Hall–Kier alpha value is -2.71. The highest BCUT2D eigenvalue weighted by Crippen LogP contribution is 2.31. The van der Waals surface area contributed by atoms with Crippen molar-refractivity contribution in [2.24, 2.45) is 7.05 Å². The van der Waals surface area contributed by atoms with Crippen LogP contribution in [-0.2, 0) is 7.05 Å². The first-order valence-corrected chi connectivity index (χ1v) is 8.64. The molecule has 1 amide bonds. The summed E-state index contributed by atoms with van der Waals surface area (Å²) in [5.74, 6) is 0.226. The van der Waals surface area contributed by atoms with Crippen molar-refractivity contribution < 1.29 is 4.79 Å². The van der Waals surface area contributed by atoms with Crippen molar-refractivity contribution in [1.29, 1.82) is 0 Å². The first-order valence-electron chi connectivity index (χ1n) is 7.44. The molecule has 0 saturated carbocycles. The second kappa shape index (κ2) is 5.98. The Morgan fingerprint density at radius 1 is 1.28 bits per heavy atom. The van der Waals surface area contributed by atoms with Gasteiger partial charge in [0, 0.05) is 19.3 Å². The Morgan fingerprint density at radius 2 is 2.12 bits per heavy atom. The molecule has 25 heavy (non-hydrogen) atoms. The maximum Gasteiger partial charge on any atom is 0.277 e. The molecule has 0 saturated heterocycles. The van der Waals surface area contributed by atoms with Crippen molar-refractivity contribution in [2.75, 3.05) is 5.32 Å². The van der Waals surface area contributed by atoms with Crippen LogP contribution < -0.4 is 5.32 Å². The fraction of sp³-hybridized carbons (Fsp3) is 0.125. The summed E-state index contributed by atoms with van der Waals surface area (Å²) in [5.41, 5.74) is 1.82. The van der Waals surface area contributed by atoms with Crippen LogP contribution in [0.3, 0.4) is 0 Å². The number of para-hydroxylation sites is 1. The predicted molar refractivity (Wildman–Crippen MR) is 97.7 cm³/mol. The molecule has 9 heteroatoms. The van der Waals surface area contributed by atoms with Gasteiger partial charge < -0.3 is 5.32 Å². The second-order valence-corrected chi connectivity index (χ2v) is 6.91. The molecule has 1 N–H and O–H groups in total. The van der Waals surface area contributed by atoms with Gasteiger partial charge in [-0.2, -0.15) is 14.9 Å². The molecule has 126 valence electrons. The van der Waals surface area contributed by atoms with Gasteiger partial charge in [-0.1, -0.05) is 29.0 Å². The lowest BCUT2D eigenvalue weighted by Crippen LogP contribution is -2.16. The highest BCUT2D eigenvalue weighted by atomic mass is 35.5. The summed E-state index contributed by atoms with van der Waals surface area (Å²) >= 11 is 7.66. The van der Waals surface area contributed by atoms with E-state index in [1.54, 1.807) is 40.8 Å². The molecule has 4 aromatic rings. The summed E-state index contributed by atoms with van der Waals surface area (Å²) in [5, 5.41) is 12.6. The van der Waals surface area contributed by atoms with Gasteiger partial charge >= 0.3 is 0 Å². The fourth-order valence-electron chi connectivity index (χ4n) is 2.44. The maximum absolute atomic E-state index is 12.4. The van der Waals surface area contributed by atoms with Gasteiger partial charge in [0.15, 0.2) is 5.69 Å². The SMILES string of the molecule is Cc1cc(NC(=O)c2ccn(C)n2)n(-c2nc3c(Cl)cccc3s2)n1. The molecule has 4 rings (SSSR count). The van der Waals surface area contributed by atoms with Crippen LogP contribution in [0.2, 0.25) is 5.02 Å². The summed E-state index contributed by atoms with van der Waals surface area (Å²) < 4.78 is 4.14. The highest BCUT2D eigenvalue weighted by molar-refractivity contribution is 7.20. The summed E-state index contributed by atoms with van der Waals surface area (Å²) in [4.78, 5) is 16.9. The minimum absolute atomic E-state index is 0.305. The molecule has 0 aliphatic rings. The molecule has 0 aliphatic carbocycles. The number of nitrogens with one attached hydrogen (secondary N) is 1. The summed E-state index contributed by atoms with van der Waals surface area (Å²) in [7, 11) is 1.76. The molecule has 7 nitrogen and oxygen atoms in total. The number of hydrogen-bond acceptors (Lipinski definition) is 5. The van der Waals surface area contributed by atoms with Crippen LogP contribution in [0.5, 0.6) is 0 Å². The van der Waals surface area contributed by atoms with E-state index in [2.05, 4.69) is 20.5 Å². The van der Waals surface area contributed by atoms with Crippen molar-refractivity contribution in [3.63, 3.8) is 0 Å². The molecule has 0 spiro atoms. The van der Waals surface area contributed by atoms with E-state index in [0.717, 1.165) is 15.9 Å². The largest absolute Gasteiger partial charge is 0.305 e. The predicted octanol–water partition coefficient (Wildman–Crippen LogP) is 3.43. The molecule has 1 aromatic carbocycles. The van der Waals surface area contributed by atoms with Gasteiger partial charge in [0.05, 0.1) is 15.4 Å². The lowest BCUT2D eigenvalue weighted by Gasteiger charge is -2.04. The molecule has 0 unspecified atom stereocenters. The van der Waals surface area contributed by atoms with Crippen molar-refractivity contribution >= 4 is 44.9 Å². The number of carbonyl (C=O) groups excluding carboxylic acids is 1. The molecular formula is C16H13ClN6OS. The number of carbonyl (C=O) groups is 1. The first-order chi connectivity index (χ1) is 12.0. The Balaban J connectivity index is 1.73. The molecule has 0 bridgehead atoms. The fourth-order valence-corrected chi connectivity index (χ4v) is 3.68. The van der Waals surface area contributed by atoms with Gasteiger partial charge in [0.1, 0.15) is 11.3 Å². The van der Waals surface area contributed by atoms with Gasteiger partial charge in [-0.25, -0.2) is 4.98 Å². The number of aromatic nitrogens is 5. The Bertz CT molecular complexity index is 1100. The molecule has 0 fully saturated rings. The maximum atomic E-state index is 12.4. The van der Waals surface area contributed by atoms with Gasteiger partial charge in [-0.15, -0.1) is 0 Å². The Labute approximate surface area is 151 Å². The topological polar surface area (TPSA) is 77.6 Å². The van der Waals surface area contributed by atoms with E-state index in [0.29, 0.717) is 21.7 Å². The standard InChI is InChI=1S/C16H13ClN6OS/c1-9-8-13(18-15(24)11-6-7-22(2)21-11)23(20-9)16-19-14-10(17)4-3-5-12(14)25-16/h3-8H,1-2H3,(H,18,24). The summed E-state index contributed by atoms with van der Waals surface area (Å²) in [6, 6.07) is 9.07. The number of nitrogens with zero attached hydrogens (tertiary/aromatic N) is 5. The van der Waals surface area contributed by atoms with Crippen molar-refractivity contribution in [3.05, 3.63) is 52.9 Å². The van der Waals surface area contributed by atoms with Crippen LogP contribution in [0.25, 0.3) is 15.3 Å². The first kappa shape index (κ1) is 15.8. The van der Waals surface area contributed by atoms with Crippen LogP contribution in [-0.4, -0.2) is 30.5 Å². The molecule has 3 aromatic heterocycles. The van der Waals surface area contributed by atoms with Crippen LogP contribution in [0.1, 0.15) is 16.2 Å². The smallest absolute Gasteiger partial charge is 0.277 e. The third-order valence-electron chi connectivity index (χ3n) is 3.56. The number of thiazole rings is 1. The third kappa shape index (κ3) is 2.90. The zero-order valence-corrected chi connectivity index (χ0v) is 15.0. The number of anilines is 1. The van der Waals surface area contributed by atoms with E-state index in [4.69, 9.17) is 11.6 Å². The number of amides is 1. The quantitative estimate of drug-likeness (QED) is 0.597. The number of rotatable bonds is 3. The zero-order valence-electron chi connectivity index (χ0n) is 13.4. The number of fused-ring (bicyclic) bond motifs is 1. The van der Waals surface area contributed by atoms with Gasteiger partial charge in [-0.3, -0.25) is 9.48 Å². The molecule has 0 radical (unpaired) electrons.